The molecule has 1 aliphatic heterocycles. The van der Waals surface area contributed by atoms with E-state index in [0.29, 0.717) is 18.7 Å². The molecule has 0 atom stereocenters. The molecule has 5 nitrogen and oxygen atoms in total. The lowest BCUT2D eigenvalue weighted by atomic mass is 10.1. The molecule has 0 bridgehead atoms. The Bertz CT molecular complexity index is 630. The molecule has 1 heterocycles. The number of amides is 1. The number of thioether (sulfide) groups is 1. The molecule has 0 aliphatic carbocycles. The van der Waals surface area contributed by atoms with Crippen molar-refractivity contribution in [3.63, 3.8) is 0 Å². The number of guanidine groups is 1. The summed E-state index contributed by atoms with van der Waals surface area (Å²) >= 11 is 2.02. The second kappa shape index (κ2) is 9.86. The van der Waals surface area contributed by atoms with Crippen LogP contribution in [0.15, 0.2) is 29.3 Å². The van der Waals surface area contributed by atoms with Crippen LogP contribution in [0.1, 0.15) is 50.0 Å². The maximum atomic E-state index is 12.1. The quantitative estimate of drug-likeness (QED) is 0.592. The highest BCUT2D eigenvalue weighted by Crippen LogP contribution is 2.29. The minimum Gasteiger partial charge on any atom is -0.357 e. The van der Waals surface area contributed by atoms with Crippen LogP contribution in [0.3, 0.4) is 0 Å². The minimum absolute atomic E-state index is 0.0145. The number of aliphatic imine (C=N–C) groups is 1. The zero-order chi connectivity index (χ0) is 19.0. The lowest BCUT2D eigenvalue weighted by molar-refractivity contribution is 0.0953. The first-order valence-electron chi connectivity index (χ1n) is 9.49. The van der Waals surface area contributed by atoms with Crippen molar-refractivity contribution in [2.24, 2.45) is 4.99 Å². The number of benzene rings is 1. The molecule has 2 N–H and O–H groups in total. The molecule has 1 aromatic carbocycles. The summed E-state index contributed by atoms with van der Waals surface area (Å²) in [5, 5.41) is 6.34. The van der Waals surface area contributed by atoms with Gasteiger partial charge in [-0.1, -0.05) is 19.1 Å². The molecule has 1 amide bonds. The van der Waals surface area contributed by atoms with E-state index in [1.54, 1.807) is 0 Å². The van der Waals surface area contributed by atoms with Crippen LogP contribution in [-0.4, -0.2) is 53.4 Å². The van der Waals surface area contributed by atoms with Crippen LogP contribution in [0.25, 0.3) is 0 Å². The van der Waals surface area contributed by atoms with Crippen molar-refractivity contribution in [3.05, 3.63) is 35.4 Å². The Morgan fingerprint density at radius 2 is 2.12 bits per heavy atom. The van der Waals surface area contributed by atoms with E-state index in [-0.39, 0.29) is 10.7 Å². The third kappa shape index (κ3) is 6.24. The summed E-state index contributed by atoms with van der Waals surface area (Å²) in [6.07, 6.45) is 0.937. The lowest BCUT2D eigenvalue weighted by Gasteiger charge is -2.39. The Kier molecular flexibility index (Phi) is 7.82. The monoisotopic (exact) mass is 376 g/mol. The number of hydrogen-bond donors (Lipinski definition) is 2. The number of rotatable bonds is 6. The maximum Gasteiger partial charge on any atom is 0.251 e. The predicted octanol–water partition coefficient (Wildman–Crippen LogP) is 3.12. The van der Waals surface area contributed by atoms with Gasteiger partial charge in [-0.25, -0.2) is 4.99 Å². The van der Waals surface area contributed by atoms with E-state index in [0.717, 1.165) is 43.3 Å². The van der Waals surface area contributed by atoms with Crippen molar-refractivity contribution in [3.8, 4) is 0 Å². The molecule has 26 heavy (non-hydrogen) atoms. The molecule has 6 heteroatoms. The number of nitrogens with zero attached hydrogens (tertiary/aromatic N) is 2. The first kappa shape index (κ1) is 20.6. The van der Waals surface area contributed by atoms with Crippen LogP contribution >= 0.6 is 11.8 Å². The number of carbonyl (C=O) groups excluding carboxylic acids is 1. The van der Waals surface area contributed by atoms with Crippen LogP contribution in [-0.2, 0) is 6.54 Å². The highest BCUT2D eigenvalue weighted by atomic mass is 32.2. The zero-order valence-electron chi connectivity index (χ0n) is 16.5. The molecule has 2 rings (SSSR count). The van der Waals surface area contributed by atoms with Crippen LogP contribution in [0.4, 0.5) is 0 Å². The van der Waals surface area contributed by atoms with Gasteiger partial charge in [0.15, 0.2) is 5.96 Å². The SMILES string of the molecule is CCCNC(=O)c1cccc(CN=C(NCC)N2CCSC(C)(C)C2)c1. The van der Waals surface area contributed by atoms with E-state index in [4.69, 9.17) is 4.99 Å². The molecule has 1 aliphatic rings. The van der Waals surface area contributed by atoms with Crippen molar-refractivity contribution in [2.45, 2.75) is 45.4 Å². The molecule has 1 saturated heterocycles. The molecular weight excluding hydrogens is 344 g/mol. The summed E-state index contributed by atoms with van der Waals surface area (Å²) in [4.78, 5) is 19.3. The molecular formula is C20H32N4OS. The first-order valence-corrected chi connectivity index (χ1v) is 10.5. The molecule has 0 saturated carbocycles. The first-order chi connectivity index (χ1) is 12.4. The molecule has 0 spiro atoms. The van der Waals surface area contributed by atoms with Gasteiger partial charge in [-0.3, -0.25) is 4.79 Å². The normalized spacial score (nSPS) is 17.1. The van der Waals surface area contributed by atoms with Gasteiger partial charge in [0.1, 0.15) is 0 Å². The smallest absolute Gasteiger partial charge is 0.251 e. The van der Waals surface area contributed by atoms with Gasteiger partial charge in [0.05, 0.1) is 6.54 Å². The van der Waals surface area contributed by atoms with Gasteiger partial charge in [-0.2, -0.15) is 11.8 Å². The Morgan fingerprint density at radius 1 is 1.31 bits per heavy atom. The van der Waals surface area contributed by atoms with E-state index >= 15 is 0 Å². The van der Waals surface area contributed by atoms with Crippen LogP contribution in [0.5, 0.6) is 0 Å². The molecule has 0 aromatic heterocycles. The Hall–Kier alpha value is -1.69. The van der Waals surface area contributed by atoms with E-state index in [1.165, 1.54) is 0 Å². The Balaban J connectivity index is 2.08. The van der Waals surface area contributed by atoms with Gasteiger partial charge in [0.2, 0.25) is 0 Å². The molecule has 1 fully saturated rings. The van der Waals surface area contributed by atoms with Gasteiger partial charge >= 0.3 is 0 Å². The van der Waals surface area contributed by atoms with E-state index in [1.807, 2.05) is 43.0 Å². The third-order valence-electron chi connectivity index (χ3n) is 4.20. The Morgan fingerprint density at radius 3 is 2.81 bits per heavy atom. The van der Waals surface area contributed by atoms with Gasteiger partial charge in [0.25, 0.3) is 5.91 Å². The van der Waals surface area contributed by atoms with Crippen molar-refractivity contribution in [1.29, 1.82) is 0 Å². The van der Waals surface area contributed by atoms with Crippen molar-refractivity contribution in [2.75, 3.05) is 31.9 Å². The van der Waals surface area contributed by atoms with E-state index < -0.39 is 0 Å². The predicted molar refractivity (Wildman–Crippen MR) is 112 cm³/mol. The topological polar surface area (TPSA) is 56.7 Å². The average molecular weight is 377 g/mol. The summed E-state index contributed by atoms with van der Waals surface area (Å²) in [6, 6.07) is 7.75. The van der Waals surface area contributed by atoms with E-state index in [2.05, 4.69) is 36.3 Å². The molecule has 1 aromatic rings. The summed E-state index contributed by atoms with van der Waals surface area (Å²) in [5.41, 5.74) is 1.75. The maximum absolute atomic E-state index is 12.1. The fourth-order valence-electron chi connectivity index (χ4n) is 2.94. The number of nitrogens with one attached hydrogen (secondary N) is 2. The third-order valence-corrected chi connectivity index (χ3v) is 5.49. The minimum atomic E-state index is -0.0145. The Labute approximate surface area is 162 Å². The van der Waals surface area contributed by atoms with Crippen LogP contribution < -0.4 is 10.6 Å². The highest BCUT2D eigenvalue weighted by Gasteiger charge is 2.28. The largest absolute Gasteiger partial charge is 0.357 e. The van der Waals surface area contributed by atoms with Crippen LogP contribution in [0.2, 0.25) is 0 Å². The summed E-state index contributed by atoms with van der Waals surface area (Å²) < 4.78 is 0.242. The highest BCUT2D eigenvalue weighted by molar-refractivity contribution is 8.00. The average Bonchev–Trinajstić information content (AvgIpc) is 2.62. The molecule has 0 unspecified atom stereocenters. The van der Waals surface area contributed by atoms with Gasteiger partial charge in [0, 0.05) is 42.2 Å². The van der Waals surface area contributed by atoms with Crippen molar-refractivity contribution >= 4 is 23.6 Å². The zero-order valence-corrected chi connectivity index (χ0v) is 17.3. The summed E-state index contributed by atoms with van der Waals surface area (Å²) in [7, 11) is 0. The molecule has 144 valence electrons. The van der Waals surface area contributed by atoms with Crippen molar-refractivity contribution < 1.29 is 4.79 Å². The van der Waals surface area contributed by atoms with Crippen LogP contribution in [0, 0.1) is 0 Å². The standard InChI is InChI=1S/C20H32N4OS/c1-5-10-22-18(25)17-9-7-8-16(13-17)14-23-19(21-6-2)24-11-12-26-20(3,4)15-24/h7-9,13H,5-6,10-12,14-15H2,1-4H3,(H,21,23)(H,22,25). The number of hydrogen-bond acceptors (Lipinski definition) is 3. The fourth-order valence-corrected chi connectivity index (χ4v) is 4.05. The second-order valence-corrected chi connectivity index (χ2v) is 8.96. The van der Waals surface area contributed by atoms with Crippen molar-refractivity contribution in [1.82, 2.24) is 15.5 Å². The fraction of sp³-hybridized carbons (Fsp3) is 0.600. The number of carbonyl (C=O) groups is 1. The lowest BCUT2D eigenvalue weighted by Crippen LogP contribution is -2.50. The van der Waals surface area contributed by atoms with E-state index in [9.17, 15) is 4.79 Å². The second-order valence-electron chi connectivity index (χ2n) is 7.16. The summed E-state index contributed by atoms with van der Waals surface area (Å²) in [6.45, 7) is 12.8. The van der Waals surface area contributed by atoms with Gasteiger partial charge < -0.3 is 15.5 Å². The van der Waals surface area contributed by atoms with Gasteiger partial charge in [-0.05, 0) is 44.9 Å². The van der Waals surface area contributed by atoms with Gasteiger partial charge in [-0.15, -0.1) is 0 Å². The molecule has 0 radical (unpaired) electrons. The summed E-state index contributed by atoms with van der Waals surface area (Å²) in [5.74, 6) is 2.06.